The van der Waals surface area contributed by atoms with Crippen molar-refractivity contribution in [3.63, 3.8) is 0 Å². The minimum absolute atomic E-state index is 0.174. The van der Waals surface area contributed by atoms with Crippen LogP contribution < -0.4 is 26.0 Å². The lowest BCUT2D eigenvalue weighted by atomic mass is 10.0. The van der Waals surface area contributed by atoms with E-state index in [4.69, 9.17) is 4.74 Å². The fourth-order valence-corrected chi connectivity index (χ4v) is 4.85. The molecule has 10 heteroatoms. The largest absolute Gasteiger partial charge is 0.490 e. The van der Waals surface area contributed by atoms with E-state index >= 15 is 0 Å². The summed E-state index contributed by atoms with van der Waals surface area (Å²) in [6.45, 7) is 2.45. The van der Waals surface area contributed by atoms with Crippen LogP contribution in [0.4, 0.5) is 10.5 Å². The number of fused-ring (bicyclic) bond motifs is 1. The standard InChI is InChI=1S/C26H29N5O5/c32-23-7-6-22(24(33)30-23)31-15-17-12-16(4-5-21(17)25(31)34)14-28-26(35)29-18-2-1-3-20(13-18)36-19-8-10-27-11-9-19/h1-5,12-13,19,22,27H,6-11,14-15H2,(H2,28,29,35)(H,30,32,33). The number of imide groups is 1. The smallest absolute Gasteiger partial charge is 0.319 e. The Morgan fingerprint density at radius 3 is 2.69 bits per heavy atom. The van der Waals surface area contributed by atoms with Crippen LogP contribution in [0.1, 0.15) is 47.2 Å². The van der Waals surface area contributed by atoms with E-state index in [1.54, 1.807) is 18.2 Å². The van der Waals surface area contributed by atoms with Gasteiger partial charge in [-0.1, -0.05) is 18.2 Å². The number of benzene rings is 2. The van der Waals surface area contributed by atoms with Crippen molar-refractivity contribution < 1.29 is 23.9 Å². The number of hydrogen-bond acceptors (Lipinski definition) is 6. The monoisotopic (exact) mass is 491 g/mol. The van der Waals surface area contributed by atoms with Gasteiger partial charge in [-0.3, -0.25) is 19.7 Å². The van der Waals surface area contributed by atoms with E-state index in [0.29, 0.717) is 24.2 Å². The second-order valence-electron chi connectivity index (χ2n) is 9.29. The Kier molecular flexibility index (Phi) is 6.86. The first kappa shape index (κ1) is 23.8. The van der Waals surface area contributed by atoms with Gasteiger partial charge in [0.05, 0.1) is 0 Å². The Bertz CT molecular complexity index is 1190. The molecule has 2 aromatic carbocycles. The van der Waals surface area contributed by atoms with E-state index in [2.05, 4.69) is 21.3 Å². The average Bonchev–Trinajstić information content (AvgIpc) is 3.19. The molecule has 36 heavy (non-hydrogen) atoms. The van der Waals surface area contributed by atoms with Crippen LogP contribution in [-0.4, -0.2) is 53.9 Å². The summed E-state index contributed by atoms with van der Waals surface area (Å²) in [5.74, 6) is -0.240. The van der Waals surface area contributed by atoms with Gasteiger partial charge in [0.15, 0.2) is 0 Å². The quantitative estimate of drug-likeness (QED) is 0.457. The summed E-state index contributed by atoms with van der Waals surface area (Å²) in [5, 5.41) is 11.3. The minimum Gasteiger partial charge on any atom is -0.490 e. The number of nitrogens with zero attached hydrogens (tertiary/aromatic N) is 1. The highest BCUT2D eigenvalue weighted by molar-refractivity contribution is 6.05. The third kappa shape index (κ3) is 5.33. The molecule has 0 saturated carbocycles. The molecule has 1 atom stereocenters. The van der Waals surface area contributed by atoms with Crippen LogP contribution in [0.2, 0.25) is 0 Å². The van der Waals surface area contributed by atoms with Gasteiger partial charge in [0, 0.05) is 36.8 Å². The van der Waals surface area contributed by atoms with Crippen molar-refractivity contribution in [3.05, 3.63) is 59.2 Å². The Labute approximate surface area is 208 Å². The number of anilines is 1. The number of carbonyl (C=O) groups excluding carboxylic acids is 4. The second kappa shape index (κ2) is 10.4. The molecule has 0 radical (unpaired) electrons. The summed E-state index contributed by atoms with van der Waals surface area (Å²) < 4.78 is 6.04. The van der Waals surface area contributed by atoms with Crippen LogP contribution in [0.15, 0.2) is 42.5 Å². The summed E-state index contributed by atoms with van der Waals surface area (Å²) in [6.07, 6.45) is 2.62. The van der Waals surface area contributed by atoms with Gasteiger partial charge in [-0.15, -0.1) is 0 Å². The molecular formula is C26H29N5O5. The molecule has 188 valence electrons. The molecule has 2 saturated heterocycles. The molecule has 5 rings (SSSR count). The van der Waals surface area contributed by atoms with Crippen LogP contribution >= 0.6 is 0 Å². The predicted octanol–water partition coefficient (Wildman–Crippen LogP) is 1.90. The number of rotatable bonds is 6. The van der Waals surface area contributed by atoms with Gasteiger partial charge in [0.1, 0.15) is 17.9 Å². The third-order valence-corrected chi connectivity index (χ3v) is 6.72. The van der Waals surface area contributed by atoms with Crippen molar-refractivity contribution in [2.75, 3.05) is 18.4 Å². The zero-order valence-electron chi connectivity index (χ0n) is 19.8. The van der Waals surface area contributed by atoms with Gasteiger partial charge < -0.3 is 25.6 Å². The summed E-state index contributed by atoms with van der Waals surface area (Å²) in [7, 11) is 0. The lowest BCUT2D eigenvalue weighted by Crippen LogP contribution is -2.52. The van der Waals surface area contributed by atoms with Gasteiger partial charge >= 0.3 is 6.03 Å². The molecule has 2 aromatic rings. The number of hydrogen-bond donors (Lipinski definition) is 4. The van der Waals surface area contributed by atoms with Gasteiger partial charge in [0.25, 0.3) is 5.91 Å². The minimum atomic E-state index is -0.649. The molecule has 0 bridgehead atoms. The van der Waals surface area contributed by atoms with E-state index in [9.17, 15) is 19.2 Å². The van der Waals surface area contributed by atoms with E-state index in [-0.39, 0.29) is 36.9 Å². The van der Waals surface area contributed by atoms with E-state index < -0.39 is 11.9 Å². The Morgan fingerprint density at radius 2 is 1.89 bits per heavy atom. The fraction of sp³-hybridized carbons (Fsp3) is 0.385. The van der Waals surface area contributed by atoms with Crippen LogP contribution in [0.25, 0.3) is 0 Å². The first-order valence-corrected chi connectivity index (χ1v) is 12.2. The molecule has 5 amide bonds. The molecule has 3 aliphatic rings. The first-order chi connectivity index (χ1) is 17.5. The van der Waals surface area contributed by atoms with Crippen molar-refractivity contribution >= 4 is 29.4 Å². The number of urea groups is 1. The van der Waals surface area contributed by atoms with Gasteiger partial charge in [-0.2, -0.15) is 0 Å². The maximum atomic E-state index is 12.8. The van der Waals surface area contributed by atoms with Crippen molar-refractivity contribution in [1.29, 1.82) is 0 Å². The topological polar surface area (TPSA) is 129 Å². The van der Waals surface area contributed by atoms with Crippen molar-refractivity contribution in [3.8, 4) is 5.75 Å². The van der Waals surface area contributed by atoms with E-state index in [1.807, 2.05) is 24.3 Å². The summed E-state index contributed by atoms with van der Waals surface area (Å²) in [6, 6.07) is 11.7. The van der Waals surface area contributed by atoms with Gasteiger partial charge in [0.2, 0.25) is 11.8 Å². The highest BCUT2D eigenvalue weighted by Gasteiger charge is 2.39. The van der Waals surface area contributed by atoms with Crippen LogP contribution in [0.3, 0.4) is 0 Å². The lowest BCUT2D eigenvalue weighted by molar-refractivity contribution is -0.136. The average molecular weight is 492 g/mol. The molecule has 4 N–H and O–H groups in total. The number of ether oxygens (including phenoxy) is 1. The Hall–Kier alpha value is -3.92. The molecule has 0 spiro atoms. The molecule has 0 aromatic heterocycles. The second-order valence-corrected chi connectivity index (χ2v) is 9.29. The molecule has 2 fully saturated rings. The Morgan fingerprint density at radius 1 is 1.06 bits per heavy atom. The third-order valence-electron chi connectivity index (χ3n) is 6.72. The lowest BCUT2D eigenvalue weighted by Gasteiger charge is -2.29. The fourth-order valence-electron chi connectivity index (χ4n) is 4.85. The maximum Gasteiger partial charge on any atom is 0.319 e. The SMILES string of the molecule is O=C1CCC(N2Cc3cc(CNC(=O)Nc4cccc(OC5CCNCC5)c4)ccc3C2=O)C(=O)N1. The molecular weight excluding hydrogens is 462 g/mol. The molecule has 0 aliphatic carbocycles. The summed E-state index contributed by atoms with van der Waals surface area (Å²) in [5.41, 5.74) is 2.81. The predicted molar refractivity (Wildman–Crippen MR) is 131 cm³/mol. The summed E-state index contributed by atoms with van der Waals surface area (Å²) in [4.78, 5) is 50.5. The molecule has 1 unspecified atom stereocenters. The number of amides is 5. The molecule has 10 nitrogen and oxygen atoms in total. The highest BCUT2D eigenvalue weighted by Crippen LogP contribution is 2.28. The van der Waals surface area contributed by atoms with Crippen LogP contribution in [0, 0.1) is 0 Å². The maximum absolute atomic E-state index is 12.8. The normalized spacial score (nSPS) is 20.1. The van der Waals surface area contributed by atoms with E-state index in [0.717, 1.165) is 42.8 Å². The number of carbonyl (C=O) groups is 4. The zero-order chi connectivity index (χ0) is 25.1. The Balaban J connectivity index is 1.15. The number of nitrogens with one attached hydrogen (secondary N) is 4. The first-order valence-electron chi connectivity index (χ1n) is 12.2. The molecule has 3 aliphatic heterocycles. The van der Waals surface area contributed by atoms with Crippen molar-refractivity contribution in [2.24, 2.45) is 0 Å². The highest BCUT2D eigenvalue weighted by atomic mass is 16.5. The van der Waals surface area contributed by atoms with Crippen molar-refractivity contribution in [2.45, 2.75) is 50.9 Å². The van der Waals surface area contributed by atoms with E-state index in [1.165, 1.54) is 4.90 Å². The van der Waals surface area contributed by atoms with Gasteiger partial charge in [-0.05, 0) is 61.7 Å². The molecule has 3 heterocycles. The summed E-state index contributed by atoms with van der Waals surface area (Å²) >= 11 is 0. The van der Waals surface area contributed by atoms with Crippen LogP contribution in [0.5, 0.6) is 5.75 Å². The van der Waals surface area contributed by atoms with Crippen molar-refractivity contribution in [1.82, 2.24) is 20.9 Å². The number of piperidine rings is 2. The van der Waals surface area contributed by atoms with Gasteiger partial charge in [-0.25, -0.2) is 4.79 Å². The zero-order valence-corrected chi connectivity index (χ0v) is 19.8. The van der Waals surface area contributed by atoms with Crippen LogP contribution in [-0.2, 0) is 22.7 Å².